The van der Waals surface area contributed by atoms with Crippen LogP contribution in [0.15, 0.2) is 0 Å². The molecule has 0 aromatic heterocycles. The van der Waals surface area contributed by atoms with Gasteiger partial charge in [0.15, 0.2) is 0 Å². The van der Waals surface area contributed by atoms with Gasteiger partial charge in [-0.05, 0) is 46.8 Å². The highest BCUT2D eigenvalue weighted by Gasteiger charge is 2.19. The molecule has 0 aromatic carbocycles. The van der Waals surface area contributed by atoms with Crippen LogP contribution in [0.25, 0.3) is 0 Å². The third-order valence-corrected chi connectivity index (χ3v) is 3.16. The van der Waals surface area contributed by atoms with Crippen molar-refractivity contribution in [2.45, 2.75) is 38.8 Å². The standard InChI is InChI=1S/C11H23N3O/c1-9(14-6-4-5-7-14)8-13-11(15)10(2)12-3/h9-10,12H,4-8H2,1-3H3,(H,13,15). The van der Waals surface area contributed by atoms with Gasteiger partial charge in [-0.15, -0.1) is 0 Å². The molecule has 2 unspecified atom stereocenters. The molecule has 2 N–H and O–H groups in total. The first-order valence-corrected chi connectivity index (χ1v) is 5.84. The molecule has 1 heterocycles. The molecule has 88 valence electrons. The van der Waals surface area contributed by atoms with Crippen LogP contribution in [0, 0.1) is 0 Å². The van der Waals surface area contributed by atoms with E-state index in [0.717, 1.165) is 6.54 Å². The van der Waals surface area contributed by atoms with Crippen LogP contribution >= 0.6 is 0 Å². The summed E-state index contributed by atoms with van der Waals surface area (Å²) in [5.41, 5.74) is 0. The molecule has 1 rings (SSSR count). The van der Waals surface area contributed by atoms with E-state index in [1.165, 1.54) is 25.9 Å². The van der Waals surface area contributed by atoms with E-state index >= 15 is 0 Å². The molecule has 1 aliphatic heterocycles. The highest BCUT2D eigenvalue weighted by molar-refractivity contribution is 5.81. The number of likely N-dealkylation sites (tertiary alicyclic amines) is 1. The summed E-state index contributed by atoms with van der Waals surface area (Å²) in [6, 6.07) is 0.358. The highest BCUT2D eigenvalue weighted by Crippen LogP contribution is 2.10. The van der Waals surface area contributed by atoms with Crippen LogP contribution in [0.2, 0.25) is 0 Å². The largest absolute Gasteiger partial charge is 0.353 e. The zero-order chi connectivity index (χ0) is 11.3. The summed E-state index contributed by atoms with van der Waals surface area (Å²) in [5, 5.41) is 5.90. The normalized spacial score (nSPS) is 21.3. The molecule has 4 nitrogen and oxygen atoms in total. The van der Waals surface area contributed by atoms with Crippen LogP contribution in [0.1, 0.15) is 26.7 Å². The summed E-state index contributed by atoms with van der Waals surface area (Å²) in [6.07, 6.45) is 2.59. The predicted octanol–water partition coefficient (Wildman–Crippen LogP) is 0.195. The van der Waals surface area contributed by atoms with Gasteiger partial charge >= 0.3 is 0 Å². The van der Waals surface area contributed by atoms with Crippen molar-refractivity contribution < 1.29 is 4.79 Å². The molecule has 1 amide bonds. The average molecular weight is 213 g/mol. The van der Waals surface area contributed by atoms with Crippen molar-refractivity contribution in [2.24, 2.45) is 0 Å². The Labute approximate surface area is 92.4 Å². The fourth-order valence-electron chi connectivity index (χ4n) is 1.84. The van der Waals surface area contributed by atoms with Crippen LogP contribution in [-0.4, -0.2) is 49.6 Å². The minimum Gasteiger partial charge on any atom is -0.353 e. The van der Waals surface area contributed by atoms with E-state index in [2.05, 4.69) is 22.5 Å². The SMILES string of the molecule is CNC(C)C(=O)NCC(C)N1CCCC1. The van der Waals surface area contributed by atoms with Crippen LogP contribution in [-0.2, 0) is 4.79 Å². The van der Waals surface area contributed by atoms with E-state index in [1.807, 2.05) is 6.92 Å². The summed E-state index contributed by atoms with van der Waals surface area (Å²) < 4.78 is 0. The predicted molar refractivity (Wildman–Crippen MR) is 61.8 cm³/mol. The van der Waals surface area contributed by atoms with Crippen molar-refractivity contribution >= 4 is 5.91 Å². The van der Waals surface area contributed by atoms with Crippen molar-refractivity contribution in [2.75, 3.05) is 26.7 Å². The van der Waals surface area contributed by atoms with E-state index in [-0.39, 0.29) is 11.9 Å². The molecular weight excluding hydrogens is 190 g/mol. The van der Waals surface area contributed by atoms with Crippen LogP contribution in [0.5, 0.6) is 0 Å². The molecule has 15 heavy (non-hydrogen) atoms. The van der Waals surface area contributed by atoms with Gasteiger partial charge in [0.2, 0.25) is 5.91 Å². The molecule has 0 aromatic rings. The van der Waals surface area contributed by atoms with Gasteiger partial charge in [-0.3, -0.25) is 9.69 Å². The first-order valence-electron chi connectivity index (χ1n) is 5.84. The maximum absolute atomic E-state index is 11.5. The average Bonchev–Trinajstić information content (AvgIpc) is 2.77. The Morgan fingerprint density at radius 2 is 1.93 bits per heavy atom. The fraction of sp³-hybridized carbons (Fsp3) is 0.909. The summed E-state index contributed by atoms with van der Waals surface area (Å²) in [7, 11) is 1.80. The third-order valence-electron chi connectivity index (χ3n) is 3.16. The van der Waals surface area contributed by atoms with Crippen LogP contribution in [0.3, 0.4) is 0 Å². The molecule has 0 bridgehead atoms. The Bertz CT molecular complexity index is 202. The van der Waals surface area contributed by atoms with Crippen molar-refractivity contribution in [3.05, 3.63) is 0 Å². The van der Waals surface area contributed by atoms with Crippen LogP contribution < -0.4 is 10.6 Å². The van der Waals surface area contributed by atoms with Crippen LogP contribution in [0.4, 0.5) is 0 Å². The quantitative estimate of drug-likeness (QED) is 0.685. The van der Waals surface area contributed by atoms with Crippen molar-refractivity contribution in [1.82, 2.24) is 15.5 Å². The Morgan fingerprint density at radius 3 is 2.47 bits per heavy atom. The summed E-state index contributed by atoms with van der Waals surface area (Å²) >= 11 is 0. The number of hydrogen-bond acceptors (Lipinski definition) is 3. The number of hydrogen-bond donors (Lipinski definition) is 2. The fourth-order valence-corrected chi connectivity index (χ4v) is 1.84. The molecular formula is C11H23N3O. The lowest BCUT2D eigenvalue weighted by molar-refractivity contribution is -0.122. The van der Waals surface area contributed by atoms with Gasteiger partial charge in [-0.1, -0.05) is 0 Å². The lowest BCUT2D eigenvalue weighted by atomic mass is 10.2. The van der Waals surface area contributed by atoms with E-state index < -0.39 is 0 Å². The van der Waals surface area contributed by atoms with Gasteiger partial charge < -0.3 is 10.6 Å². The zero-order valence-corrected chi connectivity index (χ0v) is 10.0. The molecule has 0 spiro atoms. The molecule has 4 heteroatoms. The molecule has 0 radical (unpaired) electrons. The molecule has 1 fully saturated rings. The maximum Gasteiger partial charge on any atom is 0.236 e. The van der Waals surface area contributed by atoms with Gasteiger partial charge in [-0.25, -0.2) is 0 Å². The van der Waals surface area contributed by atoms with Gasteiger partial charge in [0.1, 0.15) is 0 Å². The number of nitrogens with one attached hydrogen (secondary N) is 2. The molecule has 0 aliphatic carbocycles. The highest BCUT2D eigenvalue weighted by atomic mass is 16.2. The maximum atomic E-state index is 11.5. The number of amides is 1. The first kappa shape index (κ1) is 12.5. The number of carbonyl (C=O) groups is 1. The number of nitrogens with zero attached hydrogens (tertiary/aromatic N) is 1. The topological polar surface area (TPSA) is 44.4 Å². The summed E-state index contributed by atoms with van der Waals surface area (Å²) in [4.78, 5) is 13.9. The number of carbonyl (C=O) groups excluding carboxylic acids is 1. The second-order valence-electron chi connectivity index (χ2n) is 4.35. The zero-order valence-electron chi connectivity index (χ0n) is 10.0. The minimum atomic E-state index is -0.101. The smallest absolute Gasteiger partial charge is 0.236 e. The Hall–Kier alpha value is -0.610. The summed E-state index contributed by atoms with van der Waals surface area (Å²) in [5.74, 6) is 0.0866. The van der Waals surface area contributed by atoms with Gasteiger partial charge in [0.05, 0.1) is 6.04 Å². The lowest BCUT2D eigenvalue weighted by Gasteiger charge is -2.24. The van der Waals surface area contributed by atoms with Gasteiger partial charge in [-0.2, -0.15) is 0 Å². The van der Waals surface area contributed by atoms with E-state index in [1.54, 1.807) is 7.05 Å². The van der Waals surface area contributed by atoms with E-state index in [0.29, 0.717) is 6.04 Å². The monoisotopic (exact) mass is 213 g/mol. The Kier molecular flexibility index (Phi) is 5.05. The minimum absolute atomic E-state index is 0.0866. The third kappa shape index (κ3) is 3.80. The van der Waals surface area contributed by atoms with Gasteiger partial charge in [0, 0.05) is 12.6 Å². The van der Waals surface area contributed by atoms with Gasteiger partial charge in [0.25, 0.3) is 0 Å². The molecule has 0 saturated carbocycles. The van der Waals surface area contributed by atoms with Crippen molar-refractivity contribution in [3.8, 4) is 0 Å². The second kappa shape index (κ2) is 6.08. The number of likely N-dealkylation sites (N-methyl/N-ethyl adjacent to an activating group) is 1. The Balaban J connectivity index is 2.20. The lowest BCUT2D eigenvalue weighted by Crippen LogP contribution is -2.46. The molecule has 2 atom stereocenters. The van der Waals surface area contributed by atoms with Crippen molar-refractivity contribution in [1.29, 1.82) is 0 Å². The molecule has 1 aliphatic rings. The van der Waals surface area contributed by atoms with E-state index in [4.69, 9.17) is 0 Å². The number of rotatable bonds is 5. The first-order chi connectivity index (χ1) is 7.15. The van der Waals surface area contributed by atoms with E-state index in [9.17, 15) is 4.79 Å². The molecule has 1 saturated heterocycles. The van der Waals surface area contributed by atoms with Crippen molar-refractivity contribution in [3.63, 3.8) is 0 Å². The second-order valence-corrected chi connectivity index (χ2v) is 4.35. The summed E-state index contributed by atoms with van der Waals surface area (Å²) in [6.45, 7) is 7.16. The Morgan fingerprint density at radius 1 is 1.33 bits per heavy atom.